The van der Waals surface area contributed by atoms with Gasteiger partial charge in [0.1, 0.15) is 6.04 Å². The summed E-state index contributed by atoms with van der Waals surface area (Å²) in [6, 6.07) is 17.1. The minimum atomic E-state index is -0.959. The molecule has 1 unspecified atom stereocenters. The molecule has 1 atom stereocenters. The summed E-state index contributed by atoms with van der Waals surface area (Å²) in [5.41, 5.74) is 9.36. The standard InChI is InChI=1S/C9H11NO2.C7H6.ClH/c10-8(9(11)12)6-7-4-2-1-3-5-7;1-2-4-7-5-6(7)3-1;/h1-5,8H,6,10H2,(H,11,12);1-4H,5H2;1H. The predicted octanol–water partition coefficient (Wildman–Crippen LogP) is 2.65. The Hall–Kier alpha value is -1.84. The Balaban J connectivity index is 0.000000212. The van der Waals surface area contributed by atoms with Crippen molar-refractivity contribution in [2.45, 2.75) is 18.9 Å². The molecule has 2 aromatic carbocycles. The molecule has 0 radical (unpaired) electrons. The van der Waals surface area contributed by atoms with Crippen molar-refractivity contribution in [3.63, 3.8) is 0 Å². The molecule has 3 rings (SSSR count). The average Bonchev–Trinajstić information content (AvgIpc) is 3.19. The van der Waals surface area contributed by atoms with Gasteiger partial charge in [-0.15, -0.1) is 12.4 Å². The molecule has 1 aliphatic rings. The van der Waals surface area contributed by atoms with Gasteiger partial charge in [-0.1, -0.05) is 54.6 Å². The van der Waals surface area contributed by atoms with Crippen LogP contribution in [0, 0.1) is 0 Å². The monoisotopic (exact) mass is 291 g/mol. The van der Waals surface area contributed by atoms with Gasteiger partial charge in [0.15, 0.2) is 0 Å². The number of carbonyl (C=O) groups is 1. The van der Waals surface area contributed by atoms with Crippen LogP contribution in [-0.4, -0.2) is 17.1 Å². The lowest BCUT2D eigenvalue weighted by Gasteiger charge is -2.04. The highest BCUT2D eigenvalue weighted by Crippen LogP contribution is 2.25. The van der Waals surface area contributed by atoms with Crippen molar-refractivity contribution in [1.82, 2.24) is 0 Å². The lowest BCUT2D eigenvalue weighted by Crippen LogP contribution is -2.32. The first kappa shape index (κ1) is 16.2. The largest absolute Gasteiger partial charge is 0.480 e. The van der Waals surface area contributed by atoms with E-state index in [1.807, 2.05) is 30.3 Å². The second-order valence-electron chi connectivity index (χ2n) is 4.58. The van der Waals surface area contributed by atoms with Gasteiger partial charge in [-0.25, -0.2) is 0 Å². The van der Waals surface area contributed by atoms with Crippen LogP contribution in [0.25, 0.3) is 0 Å². The van der Waals surface area contributed by atoms with Crippen molar-refractivity contribution in [3.05, 3.63) is 71.3 Å². The number of carboxylic acids is 1. The number of rotatable bonds is 3. The van der Waals surface area contributed by atoms with Crippen LogP contribution >= 0.6 is 12.4 Å². The van der Waals surface area contributed by atoms with Gasteiger partial charge < -0.3 is 10.8 Å². The third-order valence-corrected chi connectivity index (χ3v) is 2.99. The van der Waals surface area contributed by atoms with Crippen LogP contribution in [0.1, 0.15) is 16.7 Å². The second kappa shape index (κ2) is 7.68. The van der Waals surface area contributed by atoms with Crippen LogP contribution in [0.4, 0.5) is 0 Å². The Labute approximate surface area is 124 Å². The SMILES string of the molecule is Cl.NC(Cc1ccccc1)C(=O)O.c1ccc2c(c1)C2. The molecular weight excluding hydrogens is 274 g/mol. The molecule has 0 saturated carbocycles. The fraction of sp³-hybridized carbons (Fsp3) is 0.188. The molecule has 4 heteroatoms. The minimum absolute atomic E-state index is 0. The molecule has 1 aliphatic carbocycles. The fourth-order valence-corrected chi connectivity index (χ4v) is 1.79. The molecule has 3 nitrogen and oxygen atoms in total. The molecule has 0 saturated heterocycles. The van der Waals surface area contributed by atoms with Crippen molar-refractivity contribution >= 4 is 18.4 Å². The van der Waals surface area contributed by atoms with E-state index in [0.29, 0.717) is 6.42 Å². The van der Waals surface area contributed by atoms with E-state index in [1.54, 1.807) is 0 Å². The number of aliphatic carboxylic acids is 1. The van der Waals surface area contributed by atoms with Crippen LogP contribution in [0.2, 0.25) is 0 Å². The second-order valence-corrected chi connectivity index (χ2v) is 4.58. The van der Waals surface area contributed by atoms with Gasteiger partial charge in [-0.3, -0.25) is 4.79 Å². The smallest absolute Gasteiger partial charge is 0.320 e. The van der Waals surface area contributed by atoms with E-state index in [2.05, 4.69) is 24.3 Å². The third kappa shape index (κ3) is 5.03. The van der Waals surface area contributed by atoms with Crippen LogP contribution in [0.15, 0.2) is 54.6 Å². The maximum absolute atomic E-state index is 10.4. The van der Waals surface area contributed by atoms with Crippen LogP contribution in [0.5, 0.6) is 0 Å². The Morgan fingerprint density at radius 3 is 2.00 bits per heavy atom. The summed E-state index contributed by atoms with van der Waals surface area (Å²) in [4.78, 5) is 10.4. The summed E-state index contributed by atoms with van der Waals surface area (Å²) in [7, 11) is 0. The zero-order chi connectivity index (χ0) is 13.7. The van der Waals surface area contributed by atoms with Crippen molar-refractivity contribution in [2.24, 2.45) is 5.73 Å². The first-order valence-corrected chi connectivity index (χ1v) is 6.26. The van der Waals surface area contributed by atoms with Crippen molar-refractivity contribution in [2.75, 3.05) is 0 Å². The Kier molecular flexibility index (Phi) is 6.22. The summed E-state index contributed by atoms with van der Waals surface area (Å²) >= 11 is 0. The molecule has 0 spiro atoms. The molecular formula is C16H18ClNO2. The predicted molar refractivity (Wildman–Crippen MR) is 82.3 cm³/mol. The van der Waals surface area contributed by atoms with Crippen LogP contribution < -0.4 is 5.73 Å². The molecule has 0 aliphatic heterocycles. The van der Waals surface area contributed by atoms with Crippen LogP contribution in [-0.2, 0) is 17.6 Å². The van der Waals surface area contributed by atoms with Crippen LogP contribution in [0.3, 0.4) is 0 Å². The van der Waals surface area contributed by atoms with Gasteiger partial charge in [0.05, 0.1) is 0 Å². The van der Waals surface area contributed by atoms with E-state index < -0.39 is 12.0 Å². The number of hydrogen-bond donors (Lipinski definition) is 2. The molecule has 0 heterocycles. The Bertz CT molecular complexity index is 536. The van der Waals surface area contributed by atoms with E-state index in [9.17, 15) is 4.79 Å². The Morgan fingerprint density at radius 1 is 1.05 bits per heavy atom. The van der Waals surface area contributed by atoms with E-state index in [0.717, 1.165) is 5.56 Å². The van der Waals surface area contributed by atoms with Gasteiger partial charge in [0, 0.05) is 0 Å². The van der Waals surface area contributed by atoms with E-state index in [1.165, 1.54) is 17.5 Å². The number of hydrogen-bond acceptors (Lipinski definition) is 2. The quantitative estimate of drug-likeness (QED) is 0.780. The third-order valence-electron chi connectivity index (χ3n) is 2.99. The number of carboxylic acid groups (broad SMARTS) is 1. The van der Waals surface area contributed by atoms with Crippen molar-refractivity contribution in [1.29, 1.82) is 0 Å². The minimum Gasteiger partial charge on any atom is -0.480 e. The number of nitrogens with two attached hydrogens (primary N) is 1. The molecule has 3 N–H and O–H groups in total. The lowest BCUT2D eigenvalue weighted by molar-refractivity contribution is -0.138. The maximum atomic E-state index is 10.4. The number of fused-ring (bicyclic) bond motifs is 1. The van der Waals surface area contributed by atoms with Gasteiger partial charge in [0.2, 0.25) is 0 Å². The topological polar surface area (TPSA) is 63.3 Å². The van der Waals surface area contributed by atoms with E-state index in [-0.39, 0.29) is 12.4 Å². The highest BCUT2D eigenvalue weighted by atomic mass is 35.5. The molecule has 106 valence electrons. The van der Waals surface area contributed by atoms with Gasteiger partial charge in [0.25, 0.3) is 0 Å². The maximum Gasteiger partial charge on any atom is 0.320 e. The highest BCUT2D eigenvalue weighted by Gasteiger charge is 2.12. The fourth-order valence-electron chi connectivity index (χ4n) is 1.79. The molecule has 0 aromatic heterocycles. The molecule has 0 bridgehead atoms. The summed E-state index contributed by atoms with van der Waals surface area (Å²) in [6.45, 7) is 0. The van der Waals surface area contributed by atoms with Crippen molar-refractivity contribution < 1.29 is 9.90 Å². The van der Waals surface area contributed by atoms with Crippen molar-refractivity contribution in [3.8, 4) is 0 Å². The first-order chi connectivity index (χ1) is 9.16. The first-order valence-electron chi connectivity index (χ1n) is 6.26. The van der Waals surface area contributed by atoms with Gasteiger partial charge >= 0.3 is 5.97 Å². The highest BCUT2D eigenvalue weighted by molar-refractivity contribution is 5.85. The Morgan fingerprint density at radius 2 is 1.55 bits per heavy atom. The number of halogens is 1. The van der Waals surface area contributed by atoms with Gasteiger partial charge in [-0.05, 0) is 29.5 Å². The number of benzene rings is 2. The molecule has 0 fully saturated rings. The summed E-state index contributed by atoms with van der Waals surface area (Å²) in [5, 5.41) is 8.52. The lowest BCUT2D eigenvalue weighted by atomic mass is 10.1. The summed E-state index contributed by atoms with van der Waals surface area (Å²) in [5.74, 6) is -0.959. The molecule has 20 heavy (non-hydrogen) atoms. The summed E-state index contributed by atoms with van der Waals surface area (Å²) in [6.07, 6.45) is 1.63. The van der Waals surface area contributed by atoms with E-state index in [4.69, 9.17) is 10.8 Å². The zero-order valence-corrected chi connectivity index (χ0v) is 11.8. The average molecular weight is 292 g/mol. The molecule has 0 amide bonds. The molecule has 2 aromatic rings. The summed E-state index contributed by atoms with van der Waals surface area (Å²) < 4.78 is 0. The van der Waals surface area contributed by atoms with Gasteiger partial charge in [-0.2, -0.15) is 0 Å². The normalized spacial score (nSPS) is 12.1. The zero-order valence-electron chi connectivity index (χ0n) is 11.0. The van der Waals surface area contributed by atoms with E-state index >= 15 is 0 Å².